The average Bonchev–Trinajstić information content (AvgIpc) is 2.37. The van der Waals surface area contributed by atoms with Crippen LogP contribution in [0.5, 0.6) is 0 Å². The third kappa shape index (κ3) is 2.96. The molecular formula is C13H15ClN2O3S. The maximum absolute atomic E-state index is 12.6. The van der Waals surface area contributed by atoms with Gasteiger partial charge in [-0.3, -0.25) is 0 Å². The maximum Gasteiger partial charge on any atom is 0.244 e. The molecule has 5 nitrogen and oxygen atoms in total. The SMILES string of the molecule is CC1CN(S(=O)(=O)c2ccc(C#N)cc2Cl)CC(C)O1. The molecule has 0 aliphatic carbocycles. The standard InChI is InChI=1S/C13H15ClN2O3S/c1-9-7-16(8-10(2)19-9)20(17,18)13-4-3-11(6-15)5-12(13)14/h3-5,9-10H,7-8H2,1-2H3. The van der Waals surface area contributed by atoms with Gasteiger partial charge in [0.05, 0.1) is 28.9 Å². The lowest BCUT2D eigenvalue weighted by Crippen LogP contribution is -2.48. The van der Waals surface area contributed by atoms with Crippen molar-refractivity contribution in [2.75, 3.05) is 13.1 Å². The van der Waals surface area contributed by atoms with Crippen LogP contribution in [0.1, 0.15) is 19.4 Å². The number of nitriles is 1. The van der Waals surface area contributed by atoms with E-state index in [1.54, 1.807) is 0 Å². The quantitative estimate of drug-likeness (QED) is 0.837. The van der Waals surface area contributed by atoms with E-state index < -0.39 is 10.0 Å². The Bertz CT molecular complexity index is 644. The van der Waals surface area contributed by atoms with Crippen molar-refractivity contribution in [1.82, 2.24) is 4.31 Å². The van der Waals surface area contributed by atoms with E-state index in [0.29, 0.717) is 18.7 Å². The van der Waals surface area contributed by atoms with Gasteiger partial charge in [0.25, 0.3) is 0 Å². The van der Waals surface area contributed by atoms with Crippen molar-refractivity contribution < 1.29 is 13.2 Å². The molecule has 1 fully saturated rings. The van der Waals surface area contributed by atoms with E-state index in [2.05, 4.69) is 0 Å². The first kappa shape index (κ1) is 15.3. The smallest absolute Gasteiger partial charge is 0.244 e. The molecule has 0 N–H and O–H groups in total. The molecule has 20 heavy (non-hydrogen) atoms. The summed E-state index contributed by atoms with van der Waals surface area (Å²) in [7, 11) is -3.67. The van der Waals surface area contributed by atoms with Gasteiger partial charge in [-0.05, 0) is 32.0 Å². The average molecular weight is 315 g/mol. The first-order valence-corrected chi connectivity index (χ1v) is 8.01. The van der Waals surface area contributed by atoms with E-state index in [4.69, 9.17) is 21.6 Å². The van der Waals surface area contributed by atoms with Gasteiger partial charge in [0.2, 0.25) is 10.0 Å². The molecule has 0 amide bonds. The highest BCUT2D eigenvalue weighted by Crippen LogP contribution is 2.27. The molecule has 2 unspecified atom stereocenters. The Balaban J connectivity index is 2.38. The van der Waals surface area contributed by atoms with E-state index in [1.165, 1.54) is 22.5 Å². The number of benzene rings is 1. The van der Waals surface area contributed by atoms with Crippen molar-refractivity contribution in [1.29, 1.82) is 5.26 Å². The molecule has 1 aromatic rings. The minimum absolute atomic E-state index is 0.0273. The Morgan fingerprint density at radius 3 is 2.45 bits per heavy atom. The van der Waals surface area contributed by atoms with Crippen LogP contribution in [-0.4, -0.2) is 38.0 Å². The number of hydrogen-bond acceptors (Lipinski definition) is 4. The minimum Gasteiger partial charge on any atom is -0.373 e. The van der Waals surface area contributed by atoms with E-state index in [1.807, 2.05) is 19.9 Å². The summed E-state index contributed by atoms with van der Waals surface area (Å²) in [5.74, 6) is 0. The van der Waals surface area contributed by atoms with Crippen LogP contribution in [0.4, 0.5) is 0 Å². The molecule has 1 aliphatic heterocycles. The number of nitrogens with zero attached hydrogens (tertiary/aromatic N) is 2. The summed E-state index contributed by atoms with van der Waals surface area (Å²) in [5.41, 5.74) is 0.331. The van der Waals surface area contributed by atoms with E-state index in [0.717, 1.165) is 0 Å². The van der Waals surface area contributed by atoms with Crippen LogP contribution in [0.3, 0.4) is 0 Å². The fourth-order valence-corrected chi connectivity index (χ4v) is 4.35. The Morgan fingerprint density at radius 1 is 1.35 bits per heavy atom. The summed E-state index contributed by atoms with van der Waals surface area (Å²) < 4.78 is 32.1. The molecule has 0 spiro atoms. The Kier molecular flexibility index (Phi) is 4.35. The molecule has 0 radical (unpaired) electrons. The fraction of sp³-hybridized carbons (Fsp3) is 0.462. The van der Waals surface area contributed by atoms with Crippen molar-refractivity contribution in [2.24, 2.45) is 0 Å². The first-order chi connectivity index (χ1) is 9.34. The molecule has 108 valence electrons. The summed E-state index contributed by atoms with van der Waals surface area (Å²) in [6.45, 7) is 4.25. The molecule has 2 rings (SSSR count). The van der Waals surface area contributed by atoms with Gasteiger partial charge in [-0.25, -0.2) is 8.42 Å². The van der Waals surface area contributed by atoms with E-state index >= 15 is 0 Å². The number of sulfonamides is 1. The number of ether oxygens (including phenoxy) is 1. The Hall–Kier alpha value is -1.13. The van der Waals surface area contributed by atoms with Gasteiger partial charge in [0, 0.05) is 13.1 Å². The molecule has 1 heterocycles. The molecule has 1 aliphatic rings. The number of halogens is 1. The molecule has 7 heteroatoms. The second-order valence-electron chi connectivity index (χ2n) is 4.84. The number of rotatable bonds is 2. The molecule has 1 aromatic carbocycles. The highest BCUT2D eigenvalue weighted by Gasteiger charge is 2.33. The number of hydrogen-bond donors (Lipinski definition) is 0. The van der Waals surface area contributed by atoms with Crippen LogP contribution in [0.25, 0.3) is 0 Å². The predicted octanol–water partition coefficient (Wildman–Crippen LogP) is 2.01. The van der Waals surface area contributed by atoms with Gasteiger partial charge >= 0.3 is 0 Å². The molecular weight excluding hydrogens is 300 g/mol. The predicted molar refractivity (Wildman–Crippen MR) is 74.9 cm³/mol. The lowest BCUT2D eigenvalue weighted by atomic mass is 10.2. The summed E-state index contributed by atoms with van der Waals surface area (Å²) >= 11 is 6.00. The van der Waals surface area contributed by atoms with Crippen molar-refractivity contribution in [3.8, 4) is 6.07 Å². The lowest BCUT2D eigenvalue weighted by Gasteiger charge is -2.34. The third-order valence-corrected chi connectivity index (χ3v) is 5.38. The highest BCUT2D eigenvalue weighted by atomic mass is 35.5. The number of morpholine rings is 1. The van der Waals surface area contributed by atoms with E-state index in [9.17, 15) is 8.42 Å². The van der Waals surface area contributed by atoms with Crippen LogP contribution < -0.4 is 0 Å². The lowest BCUT2D eigenvalue weighted by molar-refractivity contribution is -0.0440. The van der Waals surface area contributed by atoms with Crippen LogP contribution in [-0.2, 0) is 14.8 Å². The topological polar surface area (TPSA) is 70.4 Å². The summed E-state index contributed by atoms with van der Waals surface area (Å²) in [5, 5.41) is 8.85. The van der Waals surface area contributed by atoms with Gasteiger partial charge in [-0.1, -0.05) is 11.6 Å². The first-order valence-electron chi connectivity index (χ1n) is 6.20. The Labute approximate surface area is 123 Å². The summed E-state index contributed by atoms with van der Waals surface area (Å²) in [6, 6.07) is 6.12. The minimum atomic E-state index is -3.67. The molecule has 0 saturated carbocycles. The maximum atomic E-state index is 12.6. The normalized spacial score (nSPS) is 24.3. The van der Waals surface area contributed by atoms with Gasteiger partial charge in [0.15, 0.2) is 0 Å². The Morgan fingerprint density at radius 2 is 1.95 bits per heavy atom. The fourth-order valence-electron chi connectivity index (χ4n) is 2.25. The van der Waals surface area contributed by atoms with Crippen molar-refractivity contribution in [3.05, 3.63) is 28.8 Å². The zero-order valence-corrected chi connectivity index (χ0v) is 12.8. The zero-order valence-electron chi connectivity index (χ0n) is 11.2. The zero-order chi connectivity index (χ0) is 14.9. The van der Waals surface area contributed by atoms with Crippen molar-refractivity contribution >= 4 is 21.6 Å². The van der Waals surface area contributed by atoms with Crippen molar-refractivity contribution in [3.63, 3.8) is 0 Å². The molecule has 1 saturated heterocycles. The van der Waals surface area contributed by atoms with Gasteiger partial charge in [0.1, 0.15) is 4.90 Å². The second-order valence-corrected chi connectivity index (χ2v) is 7.15. The van der Waals surface area contributed by atoms with Gasteiger partial charge in [-0.2, -0.15) is 9.57 Å². The molecule has 2 atom stereocenters. The van der Waals surface area contributed by atoms with E-state index in [-0.39, 0.29) is 22.1 Å². The summed E-state index contributed by atoms with van der Waals surface area (Å²) in [4.78, 5) is 0.0273. The summed E-state index contributed by atoms with van der Waals surface area (Å²) in [6.07, 6.45) is -0.323. The van der Waals surface area contributed by atoms with Crippen LogP contribution in [0.2, 0.25) is 5.02 Å². The monoisotopic (exact) mass is 314 g/mol. The molecule has 0 bridgehead atoms. The van der Waals surface area contributed by atoms with Crippen LogP contribution in [0, 0.1) is 11.3 Å². The second kappa shape index (κ2) is 5.70. The highest BCUT2D eigenvalue weighted by molar-refractivity contribution is 7.89. The van der Waals surface area contributed by atoms with Crippen LogP contribution >= 0.6 is 11.6 Å². The molecule has 0 aromatic heterocycles. The third-order valence-electron chi connectivity index (χ3n) is 3.06. The van der Waals surface area contributed by atoms with Gasteiger partial charge in [-0.15, -0.1) is 0 Å². The van der Waals surface area contributed by atoms with Crippen LogP contribution in [0.15, 0.2) is 23.1 Å². The van der Waals surface area contributed by atoms with Gasteiger partial charge < -0.3 is 4.74 Å². The van der Waals surface area contributed by atoms with Crippen molar-refractivity contribution in [2.45, 2.75) is 31.0 Å². The largest absolute Gasteiger partial charge is 0.373 e.